The lowest BCUT2D eigenvalue weighted by molar-refractivity contribution is 0.303. The second-order valence-electron chi connectivity index (χ2n) is 16.8. The van der Waals surface area contributed by atoms with Crippen LogP contribution in [-0.2, 0) is 5.41 Å². The van der Waals surface area contributed by atoms with E-state index in [1.807, 2.05) is 0 Å². The van der Waals surface area contributed by atoms with Gasteiger partial charge in [-0.3, -0.25) is 5.32 Å². The lowest BCUT2D eigenvalue weighted by Crippen LogP contribution is -2.48. The number of hydrogen-bond donors (Lipinski definition) is 2. The molecule has 4 aliphatic carbocycles. The maximum atomic E-state index is 4.01. The highest BCUT2D eigenvalue weighted by atomic mass is 15.2. The van der Waals surface area contributed by atoms with Crippen LogP contribution in [0.5, 0.6) is 0 Å². The Morgan fingerprint density at radius 2 is 1.38 bits per heavy atom. The van der Waals surface area contributed by atoms with Gasteiger partial charge in [0.15, 0.2) is 0 Å². The van der Waals surface area contributed by atoms with Crippen LogP contribution >= 0.6 is 0 Å². The highest BCUT2D eigenvalue weighted by molar-refractivity contribution is 6.07. The Morgan fingerprint density at radius 3 is 2.11 bits per heavy atom. The van der Waals surface area contributed by atoms with Crippen LogP contribution in [0, 0.1) is 17.8 Å². The molecule has 1 aliphatic heterocycles. The topological polar surface area (TPSA) is 24.1 Å². The first-order valence-electron chi connectivity index (χ1n) is 20.5. The normalized spacial score (nSPS) is 25.4. The zero-order chi connectivity index (χ0) is 36.9. The summed E-state index contributed by atoms with van der Waals surface area (Å²) in [4.78, 5) is 0. The van der Waals surface area contributed by atoms with Crippen molar-refractivity contribution in [1.82, 2.24) is 10.6 Å². The third-order valence-electron chi connectivity index (χ3n) is 13.3. The number of fused-ring (bicyclic) bond motifs is 3. The molecule has 0 amide bonds. The Morgan fingerprint density at radius 1 is 0.673 bits per heavy atom. The minimum absolute atomic E-state index is 0.0375. The highest BCUT2D eigenvalue weighted by Gasteiger charge is 2.41. The molecule has 5 aromatic rings. The molecule has 5 atom stereocenters. The Labute approximate surface area is 326 Å². The molecule has 10 rings (SSSR count). The molecule has 0 saturated carbocycles. The molecule has 0 radical (unpaired) electrons. The van der Waals surface area contributed by atoms with Gasteiger partial charge in [0.05, 0.1) is 0 Å². The van der Waals surface area contributed by atoms with E-state index in [4.69, 9.17) is 0 Å². The molecule has 0 bridgehead atoms. The van der Waals surface area contributed by atoms with Crippen molar-refractivity contribution in [2.45, 2.75) is 63.6 Å². The van der Waals surface area contributed by atoms with Crippen LogP contribution in [0.4, 0.5) is 0 Å². The molecule has 5 aliphatic rings. The van der Waals surface area contributed by atoms with Crippen molar-refractivity contribution in [3.05, 3.63) is 203 Å². The van der Waals surface area contributed by atoms with Gasteiger partial charge in [-0.15, -0.1) is 0 Å². The van der Waals surface area contributed by atoms with Gasteiger partial charge in [-0.25, -0.2) is 0 Å². The first-order valence-corrected chi connectivity index (χ1v) is 20.5. The number of rotatable bonds is 6. The summed E-state index contributed by atoms with van der Waals surface area (Å²) in [5.41, 5.74) is 15.5. The summed E-state index contributed by atoms with van der Waals surface area (Å²) in [6.45, 7) is 4.91. The van der Waals surface area contributed by atoms with E-state index in [2.05, 4.69) is 188 Å². The fourth-order valence-corrected chi connectivity index (χ4v) is 10.2. The van der Waals surface area contributed by atoms with E-state index in [9.17, 15) is 0 Å². The van der Waals surface area contributed by atoms with Crippen molar-refractivity contribution >= 4 is 21.9 Å². The van der Waals surface area contributed by atoms with Crippen LogP contribution in [0.25, 0.3) is 33.0 Å². The minimum atomic E-state index is -0.0375. The highest BCUT2D eigenvalue weighted by Crippen LogP contribution is 2.56. The lowest BCUT2D eigenvalue weighted by atomic mass is 9.73. The number of allylic oxidation sites excluding steroid dienone is 10. The average Bonchev–Trinajstić information content (AvgIpc) is 3.48. The van der Waals surface area contributed by atoms with Gasteiger partial charge in [0.25, 0.3) is 0 Å². The standard InChI is InChI=1S/C53H50N2/c1-53(2)46-32-42(30-31-45(46)51-47(53)33-43-20-12-13-21-44(43)50(51)40-16-8-4-9-17-40)37-24-28-39(29-25-37)49-34-48(54-52(55-49)41-18-10-5-11-19-41)38-26-22-36(23-27-38)35-14-6-3-7-15-35/h3-22,24-25,28,30-31,33-34,38-39,42,48,52,54-55H,23,26-27,29,32H2,1-2H3. The molecular formula is C53H50N2. The summed E-state index contributed by atoms with van der Waals surface area (Å²) in [7, 11) is 0. The molecule has 0 spiro atoms. The Balaban J connectivity index is 0.907. The smallest absolute Gasteiger partial charge is 0.103 e. The third kappa shape index (κ3) is 6.18. The summed E-state index contributed by atoms with van der Waals surface area (Å²) < 4.78 is 0. The van der Waals surface area contributed by atoms with E-state index in [0.29, 0.717) is 23.8 Å². The molecule has 55 heavy (non-hydrogen) atoms. The molecule has 2 N–H and O–H groups in total. The summed E-state index contributed by atoms with van der Waals surface area (Å²) in [6, 6.07) is 44.6. The van der Waals surface area contributed by atoms with Crippen molar-refractivity contribution in [2.75, 3.05) is 0 Å². The fraction of sp³-hybridized carbons (Fsp3) is 0.245. The average molecular weight is 715 g/mol. The summed E-state index contributed by atoms with van der Waals surface area (Å²) >= 11 is 0. The van der Waals surface area contributed by atoms with Gasteiger partial charge in [-0.1, -0.05) is 171 Å². The van der Waals surface area contributed by atoms with Crippen molar-refractivity contribution in [2.24, 2.45) is 17.8 Å². The van der Waals surface area contributed by atoms with E-state index in [-0.39, 0.29) is 11.6 Å². The van der Waals surface area contributed by atoms with Crippen molar-refractivity contribution in [1.29, 1.82) is 0 Å². The Hall–Kier alpha value is -5.44. The molecule has 1 heterocycles. The van der Waals surface area contributed by atoms with E-state index in [0.717, 1.165) is 25.7 Å². The summed E-state index contributed by atoms with van der Waals surface area (Å²) in [5.74, 6) is 1.30. The molecule has 5 aromatic carbocycles. The van der Waals surface area contributed by atoms with Gasteiger partial charge >= 0.3 is 0 Å². The lowest BCUT2D eigenvalue weighted by Gasteiger charge is -2.39. The van der Waals surface area contributed by atoms with Gasteiger partial charge < -0.3 is 5.32 Å². The fourth-order valence-electron chi connectivity index (χ4n) is 10.2. The zero-order valence-electron chi connectivity index (χ0n) is 32.0. The van der Waals surface area contributed by atoms with Crippen molar-refractivity contribution < 1.29 is 0 Å². The van der Waals surface area contributed by atoms with Gasteiger partial charge in [-0.05, 0) is 111 Å². The molecule has 0 saturated heterocycles. The SMILES string of the molecule is CC1(C)C2=C(C=CC(C3=CCC(C4=CC(C5CC=C(c6ccccc6)CC5)NC(c5ccccc5)N4)C=C3)C2)c2c1cc1ccccc1c2-c1ccccc1. The van der Waals surface area contributed by atoms with Crippen LogP contribution in [0.1, 0.15) is 74.4 Å². The molecular weight excluding hydrogens is 665 g/mol. The predicted octanol–water partition coefficient (Wildman–Crippen LogP) is 12.7. The molecule has 2 nitrogen and oxygen atoms in total. The summed E-state index contributed by atoms with van der Waals surface area (Å²) in [6.07, 6.45) is 23.1. The van der Waals surface area contributed by atoms with Crippen LogP contribution in [-0.4, -0.2) is 6.04 Å². The van der Waals surface area contributed by atoms with Crippen LogP contribution < -0.4 is 10.6 Å². The monoisotopic (exact) mass is 714 g/mol. The minimum Gasteiger partial charge on any atom is -0.369 e. The van der Waals surface area contributed by atoms with Gasteiger partial charge in [0.1, 0.15) is 6.17 Å². The molecule has 272 valence electrons. The quantitative estimate of drug-likeness (QED) is 0.183. The maximum Gasteiger partial charge on any atom is 0.103 e. The third-order valence-corrected chi connectivity index (χ3v) is 13.3. The van der Waals surface area contributed by atoms with Gasteiger partial charge in [-0.2, -0.15) is 0 Å². The number of nitrogens with one attached hydrogen (secondary N) is 2. The maximum absolute atomic E-state index is 4.01. The molecule has 5 unspecified atom stereocenters. The van der Waals surface area contributed by atoms with Gasteiger partial charge in [0, 0.05) is 29.0 Å². The van der Waals surface area contributed by atoms with Crippen molar-refractivity contribution in [3.8, 4) is 11.1 Å². The van der Waals surface area contributed by atoms with Crippen molar-refractivity contribution in [3.63, 3.8) is 0 Å². The second-order valence-corrected chi connectivity index (χ2v) is 16.8. The predicted molar refractivity (Wildman–Crippen MR) is 231 cm³/mol. The van der Waals surface area contributed by atoms with Gasteiger partial charge in [0.2, 0.25) is 0 Å². The number of benzene rings is 5. The first kappa shape index (κ1) is 34.1. The van der Waals surface area contributed by atoms with E-state index < -0.39 is 0 Å². The molecule has 0 aromatic heterocycles. The Kier molecular flexibility index (Phi) is 8.68. The van der Waals surface area contributed by atoms with Crippen LogP contribution in [0.15, 0.2) is 181 Å². The summed E-state index contributed by atoms with van der Waals surface area (Å²) in [5, 5.41) is 10.6. The zero-order valence-corrected chi connectivity index (χ0v) is 32.0. The first-order chi connectivity index (χ1) is 27.0. The van der Waals surface area contributed by atoms with Crippen LogP contribution in [0.3, 0.4) is 0 Å². The Bertz CT molecular complexity index is 2440. The molecule has 2 heteroatoms. The van der Waals surface area contributed by atoms with E-state index >= 15 is 0 Å². The number of hydrogen-bond acceptors (Lipinski definition) is 2. The largest absolute Gasteiger partial charge is 0.369 e. The van der Waals surface area contributed by atoms with E-state index in [1.54, 1.807) is 5.57 Å². The van der Waals surface area contributed by atoms with E-state index in [1.165, 1.54) is 73.0 Å². The molecule has 0 fully saturated rings. The second kappa shape index (κ2) is 14.0. The van der Waals surface area contributed by atoms with Crippen LogP contribution in [0.2, 0.25) is 0 Å².